The molecule has 96 valence electrons. The highest BCUT2D eigenvalue weighted by molar-refractivity contribution is 6.12. The molecule has 1 heterocycles. The van der Waals surface area contributed by atoms with Gasteiger partial charge in [0.15, 0.2) is 0 Å². The number of benzene rings is 1. The lowest BCUT2D eigenvalue weighted by Crippen LogP contribution is -2.36. The molecular weight excluding hydrogens is 250 g/mol. The second-order valence-electron chi connectivity index (χ2n) is 3.95. The van der Waals surface area contributed by atoms with Gasteiger partial charge in [-0.1, -0.05) is 12.1 Å². The Hall–Kier alpha value is -1.85. The molecule has 1 aromatic carbocycles. The molecule has 0 radical (unpaired) electrons. The first-order valence-electron chi connectivity index (χ1n) is 5.13. The first kappa shape index (κ1) is 12.6. The van der Waals surface area contributed by atoms with Crippen LogP contribution in [-0.2, 0) is 0 Å². The van der Waals surface area contributed by atoms with Crippen molar-refractivity contribution in [2.24, 2.45) is 0 Å². The number of alkyl halides is 4. The average molecular weight is 259 g/mol. The maximum absolute atomic E-state index is 13.0. The summed E-state index contributed by atoms with van der Waals surface area (Å²) in [7, 11) is 0. The molecular formula is C12H9F4NO. The summed E-state index contributed by atoms with van der Waals surface area (Å²) in [6.07, 6.45) is -2.98. The minimum Gasteiger partial charge on any atom is -0.360 e. The summed E-state index contributed by atoms with van der Waals surface area (Å²) in [5.41, 5.74) is 0.624. The lowest BCUT2D eigenvalue weighted by Gasteiger charge is -2.13. The first-order valence-corrected chi connectivity index (χ1v) is 5.13. The Morgan fingerprint density at radius 3 is 2.61 bits per heavy atom. The number of nitrogens with one attached hydrogen (secondary N) is 1. The number of ketones is 1. The second-order valence-corrected chi connectivity index (χ2v) is 3.95. The molecule has 6 heteroatoms. The highest BCUT2D eigenvalue weighted by atomic mass is 19.3. The highest BCUT2D eigenvalue weighted by Gasteiger charge is 2.49. The van der Waals surface area contributed by atoms with Gasteiger partial charge in [0.2, 0.25) is 5.78 Å². The molecule has 0 spiro atoms. The Morgan fingerprint density at radius 1 is 1.33 bits per heavy atom. The number of carbonyl (C=O) groups is 1. The van der Waals surface area contributed by atoms with Gasteiger partial charge in [-0.2, -0.15) is 8.78 Å². The van der Waals surface area contributed by atoms with Crippen LogP contribution in [0.25, 0.3) is 10.9 Å². The Labute approximate surface area is 99.6 Å². The third-order valence-corrected chi connectivity index (χ3v) is 2.74. The number of Topliss-reactive ketones (excluding diaryl/α,β-unsaturated/α-hetero) is 1. The maximum atomic E-state index is 13.0. The number of aromatic amines is 1. The number of halogens is 4. The molecule has 0 amide bonds. The molecule has 0 atom stereocenters. The third kappa shape index (κ3) is 1.77. The molecule has 2 nitrogen and oxygen atoms in total. The number of aryl methyl sites for hydroxylation is 1. The topological polar surface area (TPSA) is 32.9 Å². The molecule has 0 aliphatic carbocycles. The lowest BCUT2D eigenvalue weighted by atomic mass is 10.0. The van der Waals surface area contributed by atoms with Gasteiger partial charge in [0.05, 0.1) is 0 Å². The van der Waals surface area contributed by atoms with Gasteiger partial charge >= 0.3 is 12.3 Å². The van der Waals surface area contributed by atoms with Gasteiger partial charge in [-0.15, -0.1) is 0 Å². The smallest absolute Gasteiger partial charge is 0.360 e. The van der Waals surface area contributed by atoms with E-state index in [1.54, 1.807) is 25.1 Å². The van der Waals surface area contributed by atoms with Crippen LogP contribution in [0.3, 0.4) is 0 Å². The molecule has 0 unspecified atom stereocenters. The molecule has 1 aromatic heterocycles. The summed E-state index contributed by atoms with van der Waals surface area (Å²) >= 11 is 0. The van der Waals surface area contributed by atoms with Crippen LogP contribution in [0.2, 0.25) is 0 Å². The van der Waals surface area contributed by atoms with Crippen molar-refractivity contribution in [3.05, 3.63) is 35.5 Å². The van der Waals surface area contributed by atoms with E-state index in [0.29, 0.717) is 11.1 Å². The molecule has 0 bridgehead atoms. The predicted molar refractivity (Wildman–Crippen MR) is 58.3 cm³/mol. The Bertz CT molecular complexity index is 603. The van der Waals surface area contributed by atoms with E-state index >= 15 is 0 Å². The van der Waals surface area contributed by atoms with E-state index in [1.165, 1.54) is 0 Å². The van der Waals surface area contributed by atoms with Crippen LogP contribution in [-0.4, -0.2) is 23.1 Å². The van der Waals surface area contributed by atoms with Crippen LogP contribution < -0.4 is 0 Å². The number of hydrogen-bond acceptors (Lipinski definition) is 1. The fourth-order valence-electron chi connectivity index (χ4n) is 1.83. The molecule has 0 fully saturated rings. The number of aromatic nitrogens is 1. The highest BCUT2D eigenvalue weighted by Crippen LogP contribution is 2.31. The summed E-state index contributed by atoms with van der Waals surface area (Å²) in [5.74, 6) is -6.53. The monoisotopic (exact) mass is 259 g/mol. The largest absolute Gasteiger partial charge is 0.368 e. The Balaban J connectivity index is 2.59. The third-order valence-electron chi connectivity index (χ3n) is 2.74. The summed E-state index contributed by atoms with van der Waals surface area (Å²) < 4.78 is 50.4. The number of fused-ring (bicyclic) bond motifs is 1. The van der Waals surface area contributed by atoms with Gasteiger partial charge in [-0.25, -0.2) is 8.78 Å². The van der Waals surface area contributed by atoms with Gasteiger partial charge in [0.25, 0.3) is 0 Å². The van der Waals surface area contributed by atoms with Gasteiger partial charge < -0.3 is 4.98 Å². The zero-order valence-corrected chi connectivity index (χ0v) is 9.31. The minimum atomic E-state index is -4.67. The summed E-state index contributed by atoms with van der Waals surface area (Å²) in [4.78, 5) is 14.1. The molecule has 2 aromatic rings. The van der Waals surface area contributed by atoms with Gasteiger partial charge in [-0.05, 0) is 18.6 Å². The fourth-order valence-corrected chi connectivity index (χ4v) is 1.83. The van der Waals surface area contributed by atoms with E-state index in [4.69, 9.17) is 0 Å². The minimum absolute atomic E-state index is 0.253. The van der Waals surface area contributed by atoms with E-state index < -0.39 is 23.7 Å². The van der Waals surface area contributed by atoms with E-state index in [-0.39, 0.29) is 5.39 Å². The fraction of sp³-hybridized carbons (Fsp3) is 0.250. The van der Waals surface area contributed by atoms with Gasteiger partial charge in [0, 0.05) is 22.7 Å². The van der Waals surface area contributed by atoms with Crippen molar-refractivity contribution < 1.29 is 22.4 Å². The van der Waals surface area contributed by atoms with Gasteiger partial charge in [-0.3, -0.25) is 4.79 Å². The Kier molecular flexibility index (Phi) is 2.88. The van der Waals surface area contributed by atoms with Crippen LogP contribution >= 0.6 is 0 Å². The quantitative estimate of drug-likeness (QED) is 0.663. The Morgan fingerprint density at radius 2 is 2.00 bits per heavy atom. The van der Waals surface area contributed by atoms with Crippen molar-refractivity contribution in [2.75, 3.05) is 0 Å². The molecule has 1 N–H and O–H groups in total. The van der Waals surface area contributed by atoms with Crippen LogP contribution in [0, 0.1) is 6.92 Å². The van der Waals surface area contributed by atoms with Gasteiger partial charge in [0.1, 0.15) is 0 Å². The van der Waals surface area contributed by atoms with Crippen molar-refractivity contribution in [2.45, 2.75) is 19.3 Å². The number of H-pyrrole nitrogens is 1. The summed E-state index contributed by atoms with van der Waals surface area (Å²) in [6.45, 7) is 1.62. The van der Waals surface area contributed by atoms with E-state index in [2.05, 4.69) is 4.98 Å². The zero-order valence-electron chi connectivity index (χ0n) is 9.31. The van der Waals surface area contributed by atoms with E-state index in [1.807, 2.05) is 0 Å². The SMILES string of the molecule is Cc1cccc2[nH]cc(C(=O)C(F)(F)C(F)F)c12. The molecule has 0 saturated heterocycles. The van der Waals surface area contributed by atoms with E-state index in [0.717, 1.165) is 6.20 Å². The number of rotatable bonds is 3. The summed E-state index contributed by atoms with van der Waals surface area (Å²) in [6, 6.07) is 4.88. The molecule has 0 aliphatic heterocycles. The molecule has 0 saturated carbocycles. The standard InChI is InChI=1S/C12H9F4NO/c1-6-3-2-4-8-9(6)7(5-17-8)10(18)12(15,16)11(13)14/h2-5,11,17H,1H3. The predicted octanol–water partition coefficient (Wildman–Crippen LogP) is 3.56. The molecule has 18 heavy (non-hydrogen) atoms. The van der Waals surface area contributed by atoms with E-state index in [9.17, 15) is 22.4 Å². The second kappa shape index (κ2) is 4.12. The zero-order chi connectivity index (χ0) is 13.5. The maximum Gasteiger partial charge on any atom is 0.368 e. The van der Waals surface area contributed by atoms with Crippen LogP contribution in [0.15, 0.2) is 24.4 Å². The number of carbonyl (C=O) groups excluding carboxylic acids is 1. The van der Waals surface area contributed by atoms with Crippen LogP contribution in [0.1, 0.15) is 15.9 Å². The normalized spacial score (nSPS) is 12.3. The molecule has 2 rings (SSSR count). The molecule has 0 aliphatic rings. The van der Waals surface area contributed by atoms with Crippen molar-refractivity contribution in [1.82, 2.24) is 4.98 Å². The number of hydrogen-bond donors (Lipinski definition) is 1. The van der Waals surface area contributed by atoms with Crippen LogP contribution in [0.5, 0.6) is 0 Å². The average Bonchev–Trinajstić information content (AvgIpc) is 2.72. The summed E-state index contributed by atoms with van der Waals surface area (Å²) in [5, 5.41) is 0.253. The first-order chi connectivity index (χ1) is 8.35. The van der Waals surface area contributed by atoms with Crippen LogP contribution in [0.4, 0.5) is 17.6 Å². The van der Waals surface area contributed by atoms with Crippen molar-refractivity contribution in [1.29, 1.82) is 0 Å². The van der Waals surface area contributed by atoms with Crippen molar-refractivity contribution in [3.63, 3.8) is 0 Å². The van der Waals surface area contributed by atoms with Crippen molar-refractivity contribution >= 4 is 16.7 Å². The van der Waals surface area contributed by atoms with Crippen molar-refractivity contribution in [3.8, 4) is 0 Å². The lowest BCUT2D eigenvalue weighted by molar-refractivity contribution is -0.0957.